The van der Waals surface area contributed by atoms with Gasteiger partial charge in [0.05, 0.1) is 12.2 Å². The zero-order valence-corrected chi connectivity index (χ0v) is 13.5. The molecule has 0 saturated carbocycles. The van der Waals surface area contributed by atoms with E-state index in [1.54, 1.807) is 13.1 Å². The Hall–Kier alpha value is -1.79. The molecule has 0 fully saturated rings. The second-order valence-electron chi connectivity index (χ2n) is 5.07. The number of aryl methyl sites for hydroxylation is 2. The molecule has 6 heteroatoms. The first-order valence-electron chi connectivity index (χ1n) is 6.65. The Morgan fingerprint density at radius 3 is 2.33 bits per heavy atom. The molecule has 2 rings (SSSR count). The van der Waals surface area contributed by atoms with E-state index in [9.17, 15) is 8.42 Å². The van der Waals surface area contributed by atoms with Crippen molar-refractivity contribution in [2.24, 2.45) is 0 Å². The molecule has 1 aromatic carbocycles. The molecule has 0 aliphatic heterocycles. The van der Waals surface area contributed by atoms with Gasteiger partial charge in [0.1, 0.15) is 5.76 Å². The van der Waals surface area contributed by atoms with Crippen LogP contribution in [0.2, 0.25) is 0 Å². The van der Waals surface area contributed by atoms with Crippen molar-refractivity contribution >= 4 is 15.7 Å². The van der Waals surface area contributed by atoms with Gasteiger partial charge in [0.25, 0.3) is 10.0 Å². The summed E-state index contributed by atoms with van der Waals surface area (Å²) >= 11 is 0. The van der Waals surface area contributed by atoms with Crippen LogP contribution in [0.1, 0.15) is 16.9 Å². The van der Waals surface area contributed by atoms with Crippen molar-refractivity contribution in [2.45, 2.75) is 25.5 Å². The van der Waals surface area contributed by atoms with Crippen LogP contribution in [0.15, 0.2) is 39.8 Å². The predicted octanol–water partition coefficient (Wildman–Crippen LogP) is 2.44. The van der Waals surface area contributed by atoms with Crippen LogP contribution in [-0.4, -0.2) is 22.5 Å². The van der Waals surface area contributed by atoms with E-state index in [-0.39, 0.29) is 5.09 Å². The number of hydrogen-bond acceptors (Lipinski definition) is 4. The Labute approximate surface area is 125 Å². The molecule has 0 saturated heterocycles. The number of hydrogen-bond donors (Lipinski definition) is 1. The van der Waals surface area contributed by atoms with Gasteiger partial charge in [0, 0.05) is 7.05 Å². The molecule has 1 heterocycles. The third-order valence-electron chi connectivity index (χ3n) is 3.17. The van der Waals surface area contributed by atoms with Crippen LogP contribution in [0.4, 0.5) is 5.69 Å². The molecule has 0 atom stereocenters. The molecule has 0 aliphatic rings. The lowest BCUT2D eigenvalue weighted by molar-refractivity contribution is 0.407. The summed E-state index contributed by atoms with van der Waals surface area (Å²) in [5.74, 6) is 0.588. The van der Waals surface area contributed by atoms with Gasteiger partial charge in [-0.15, -0.1) is 0 Å². The summed E-state index contributed by atoms with van der Waals surface area (Å²) in [6.45, 7) is 4.37. The van der Waals surface area contributed by atoms with E-state index in [0.29, 0.717) is 18.0 Å². The molecule has 0 aliphatic carbocycles. The minimum atomic E-state index is -3.68. The van der Waals surface area contributed by atoms with Gasteiger partial charge >= 0.3 is 0 Å². The first kappa shape index (κ1) is 15.6. The molecular weight excluding hydrogens is 288 g/mol. The van der Waals surface area contributed by atoms with Crippen LogP contribution in [0.25, 0.3) is 0 Å². The van der Waals surface area contributed by atoms with Crippen molar-refractivity contribution in [1.29, 1.82) is 0 Å². The van der Waals surface area contributed by atoms with Crippen molar-refractivity contribution in [3.63, 3.8) is 0 Å². The second kappa shape index (κ2) is 5.91. The lowest BCUT2D eigenvalue weighted by atomic mass is 10.1. The minimum Gasteiger partial charge on any atom is -0.446 e. The first-order valence-corrected chi connectivity index (χ1v) is 8.09. The van der Waals surface area contributed by atoms with Crippen molar-refractivity contribution < 1.29 is 12.8 Å². The number of nitrogens with zero attached hydrogens (tertiary/aromatic N) is 1. The van der Waals surface area contributed by atoms with E-state index in [1.807, 2.05) is 32.0 Å². The van der Waals surface area contributed by atoms with E-state index in [2.05, 4.69) is 5.32 Å². The first-order chi connectivity index (χ1) is 9.84. The van der Waals surface area contributed by atoms with E-state index in [0.717, 1.165) is 11.1 Å². The van der Waals surface area contributed by atoms with Gasteiger partial charge in [-0.25, -0.2) is 0 Å². The topological polar surface area (TPSA) is 62.6 Å². The average Bonchev–Trinajstić information content (AvgIpc) is 2.86. The van der Waals surface area contributed by atoms with Crippen LogP contribution in [-0.2, 0) is 16.6 Å². The van der Waals surface area contributed by atoms with Crippen LogP contribution in [0, 0.1) is 13.8 Å². The van der Waals surface area contributed by atoms with Gasteiger partial charge in [-0.2, -0.15) is 8.42 Å². The zero-order valence-electron chi connectivity index (χ0n) is 12.7. The monoisotopic (exact) mass is 308 g/mol. The SMILES string of the molecule is CNCc1ccc(S(=O)(=O)N(C)c2cc(C)cc(C)c2)o1. The average molecular weight is 308 g/mol. The summed E-state index contributed by atoms with van der Waals surface area (Å²) < 4.78 is 31.8. The number of nitrogens with one attached hydrogen (secondary N) is 1. The third kappa shape index (κ3) is 3.28. The number of rotatable bonds is 5. The Bertz CT molecular complexity index is 715. The fraction of sp³-hybridized carbons (Fsp3) is 0.333. The zero-order chi connectivity index (χ0) is 15.6. The molecule has 2 aromatic rings. The summed E-state index contributed by atoms with van der Waals surface area (Å²) in [6.07, 6.45) is 0. The van der Waals surface area contributed by atoms with Crippen LogP contribution in [0.3, 0.4) is 0 Å². The second-order valence-corrected chi connectivity index (χ2v) is 6.97. The maximum absolute atomic E-state index is 12.6. The Kier molecular flexibility index (Phi) is 4.39. The largest absolute Gasteiger partial charge is 0.446 e. The van der Waals surface area contributed by atoms with Gasteiger partial charge in [-0.05, 0) is 56.3 Å². The molecule has 0 amide bonds. The number of anilines is 1. The van der Waals surface area contributed by atoms with Gasteiger partial charge in [0.2, 0.25) is 5.09 Å². The molecule has 1 N–H and O–H groups in total. The molecule has 0 bridgehead atoms. The number of benzene rings is 1. The maximum Gasteiger partial charge on any atom is 0.297 e. The third-order valence-corrected chi connectivity index (χ3v) is 4.83. The smallest absolute Gasteiger partial charge is 0.297 e. The minimum absolute atomic E-state index is 0.0468. The quantitative estimate of drug-likeness (QED) is 0.921. The highest BCUT2D eigenvalue weighted by molar-refractivity contribution is 7.92. The van der Waals surface area contributed by atoms with Crippen LogP contribution in [0.5, 0.6) is 0 Å². The lowest BCUT2D eigenvalue weighted by Crippen LogP contribution is -2.26. The highest BCUT2D eigenvalue weighted by atomic mass is 32.2. The van der Waals surface area contributed by atoms with E-state index in [4.69, 9.17) is 4.42 Å². The summed E-state index contributed by atoms with van der Waals surface area (Å²) in [4.78, 5) is 0. The maximum atomic E-state index is 12.6. The number of sulfonamides is 1. The Morgan fingerprint density at radius 1 is 1.14 bits per heavy atom. The van der Waals surface area contributed by atoms with Gasteiger partial charge in [0.15, 0.2) is 0 Å². The fourth-order valence-electron chi connectivity index (χ4n) is 2.17. The fourth-order valence-corrected chi connectivity index (χ4v) is 3.28. The summed E-state index contributed by atoms with van der Waals surface area (Å²) in [5, 5.41) is 2.88. The Balaban J connectivity index is 2.37. The van der Waals surface area contributed by atoms with E-state index >= 15 is 0 Å². The summed E-state index contributed by atoms with van der Waals surface area (Å²) in [7, 11) is -0.376. The molecule has 0 spiro atoms. The van der Waals surface area contributed by atoms with Crippen molar-refractivity contribution in [3.8, 4) is 0 Å². The Morgan fingerprint density at radius 2 is 1.76 bits per heavy atom. The van der Waals surface area contributed by atoms with Gasteiger partial charge in [-0.1, -0.05) is 6.07 Å². The standard InChI is InChI=1S/C15H20N2O3S/c1-11-7-12(2)9-13(8-11)17(4)21(18,19)15-6-5-14(20-15)10-16-3/h5-9,16H,10H2,1-4H3. The van der Waals surface area contributed by atoms with Crippen LogP contribution < -0.4 is 9.62 Å². The normalized spacial score (nSPS) is 11.6. The number of furan rings is 1. The van der Waals surface area contributed by atoms with Crippen LogP contribution >= 0.6 is 0 Å². The molecule has 1 aromatic heterocycles. The molecule has 5 nitrogen and oxygen atoms in total. The molecule has 21 heavy (non-hydrogen) atoms. The van der Waals surface area contributed by atoms with Gasteiger partial charge in [-0.3, -0.25) is 4.31 Å². The summed E-state index contributed by atoms with van der Waals surface area (Å²) in [5.41, 5.74) is 2.66. The lowest BCUT2D eigenvalue weighted by Gasteiger charge is -2.19. The van der Waals surface area contributed by atoms with Crippen molar-refractivity contribution in [3.05, 3.63) is 47.2 Å². The molecule has 0 radical (unpaired) electrons. The molecule has 0 unspecified atom stereocenters. The van der Waals surface area contributed by atoms with E-state index < -0.39 is 10.0 Å². The predicted molar refractivity (Wildman–Crippen MR) is 83.0 cm³/mol. The van der Waals surface area contributed by atoms with Gasteiger partial charge < -0.3 is 9.73 Å². The molecule has 114 valence electrons. The highest BCUT2D eigenvalue weighted by Crippen LogP contribution is 2.25. The summed E-state index contributed by atoms with van der Waals surface area (Å²) in [6, 6.07) is 8.83. The van der Waals surface area contributed by atoms with Crippen molar-refractivity contribution in [2.75, 3.05) is 18.4 Å². The van der Waals surface area contributed by atoms with E-state index in [1.165, 1.54) is 17.4 Å². The molecular formula is C15H20N2O3S. The van der Waals surface area contributed by atoms with Crippen molar-refractivity contribution in [1.82, 2.24) is 5.32 Å². The highest BCUT2D eigenvalue weighted by Gasteiger charge is 2.25.